The zero-order valence-electron chi connectivity index (χ0n) is 11.3. The van der Waals surface area contributed by atoms with Crippen molar-refractivity contribution in [2.24, 2.45) is 0 Å². The number of H-pyrrole nitrogens is 1. The molecular formula is C11H16BrN7O. The number of rotatable bonds is 6. The van der Waals surface area contributed by atoms with Crippen LogP contribution in [0.1, 0.15) is 38.6 Å². The maximum atomic E-state index is 12.1. The minimum atomic E-state index is -0.183. The second kappa shape index (κ2) is 6.60. The van der Waals surface area contributed by atoms with Crippen LogP contribution in [0, 0.1) is 0 Å². The first-order valence-corrected chi connectivity index (χ1v) is 7.18. The lowest BCUT2D eigenvalue weighted by Crippen LogP contribution is -2.25. The number of anilines is 1. The van der Waals surface area contributed by atoms with Crippen LogP contribution in [0.5, 0.6) is 0 Å². The van der Waals surface area contributed by atoms with Gasteiger partial charge < -0.3 is 5.32 Å². The Morgan fingerprint density at radius 2 is 2.35 bits per heavy atom. The van der Waals surface area contributed by atoms with Gasteiger partial charge in [-0.05, 0) is 29.3 Å². The normalized spacial score (nSPS) is 12.3. The van der Waals surface area contributed by atoms with Gasteiger partial charge in [-0.15, -0.1) is 10.2 Å². The van der Waals surface area contributed by atoms with Gasteiger partial charge >= 0.3 is 0 Å². The molecule has 0 saturated heterocycles. The van der Waals surface area contributed by atoms with E-state index in [0.717, 1.165) is 12.8 Å². The van der Waals surface area contributed by atoms with E-state index in [0.29, 0.717) is 22.5 Å². The van der Waals surface area contributed by atoms with Crippen molar-refractivity contribution >= 4 is 21.6 Å². The van der Waals surface area contributed by atoms with Crippen molar-refractivity contribution in [3.8, 4) is 0 Å². The van der Waals surface area contributed by atoms with E-state index < -0.39 is 0 Å². The quantitative estimate of drug-likeness (QED) is 0.825. The highest BCUT2D eigenvalue weighted by Crippen LogP contribution is 2.21. The van der Waals surface area contributed by atoms with Crippen LogP contribution in [0.25, 0.3) is 0 Å². The van der Waals surface area contributed by atoms with Crippen LogP contribution in [-0.4, -0.2) is 30.4 Å². The summed E-state index contributed by atoms with van der Waals surface area (Å²) in [5.41, 5.74) is 0.462. The molecule has 8 nitrogen and oxygen atoms in total. The predicted molar refractivity (Wildman–Crippen MR) is 77.3 cm³/mol. The Morgan fingerprint density at radius 1 is 1.55 bits per heavy atom. The van der Waals surface area contributed by atoms with Crippen LogP contribution in [0.4, 0.5) is 5.69 Å². The van der Waals surface area contributed by atoms with Crippen molar-refractivity contribution < 1.29 is 0 Å². The minimum Gasteiger partial charge on any atom is -0.373 e. The zero-order chi connectivity index (χ0) is 14.5. The Hall–Kier alpha value is -1.77. The molecule has 108 valence electrons. The number of hydrogen-bond acceptors (Lipinski definition) is 6. The van der Waals surface area contributed by atoms with Gasteiger partial charge in [-0.25, -0.2) is 4.68 Å². The van der Waals surface area contributed by atoms with E-state index in [1.54, 1.807) is 6.20 Å². The lowest BCUT2D eigenvalue weighted by atomic mass is 10.3. The van der Waals surface area contributed by atoms with E-state index in [4.69, 9.17) is 0 Å². The first-order valence-electron chi connectivity index (χ1n) is 6.39. The predicted octanol–water partition coefficient (Wildman–Crippen LogP) is 1.49. The summed E-state index contributed by atoms with van der Waals surface area (Å²) in [5, 5.41) is 21.0. The molecule has 9 heteroatoms. The molecule has 0 radical (unpaired) electrons. The molecule has 2 N–H and O–H groups in total. The topological polar surface area (TPSA) is 101 Å². The second-order valence-corrected chi connectivity index (χ2v) is 5.18. The number of hydrogen-bond donors (Lipinski definition) is 2. The molecule has 0 saturated carbocycles. The third-order valence-corrected chi connectivity index (χ3v) is 3.60. The van der Waals surface area contributed by atoms with Crippen LogP contribution in [0.2, 0.25) is 0 Å². The molecule has 0 aliphatic carbocycles. The van der Waals surface area contributed by atoms with Crippen molar-refractivity contribution in [3.63, 3.8) is 0 Å². The standard InChI is InChI=1S/C11H16BrN7O/c1-3-4-5-19-11(20)9(12)8(6-13-19)14-7(2)10-15-17-18-16-10/h6-7,14H,3-5H2,1-2H3,(H,15,16,17,18). The number of aromatic nitrogens is 6. The van der Waals surface area contributed by atoms with Crippen molar-refractivity contribution in [3.05, 3.63) is 26.8 Å². The summed E-state index contributed by atoms with van der Waals surface area (Å²) in [6, 6.07) is -0.183. The molecular weight excluding hydrogens is 326 g/mol. The molecule has 20 heavy (non-hydrogen) atoms. The molecule has 2 aromatic rings. The summed E-state index contributed by atoms with van der Waals surface area (Å²) in [6.45, 7) is 4.57. The van der Waals surface area contributed by atoms with Crippen molar-refractivity contribution in [2.45, 2.75) is 39.3 Å². The van der Waals surface area contributed by atoms with Crippen LogP contribution >= 0.6 is 15.9 Å². The van der Waals surface area contributed by atoms with E-state index in [1.807, 2.05) is 6.92 Å². The summed E-state index contributed by atoms with van der Waals surface area (Å²) in [6.07, 6.45) is 3.56. The summed E-state index contributed by atoms with van der Waals surface area (Å²) < 4.78 is 1.91. The van der Waals surface area contributed by atoms with Crippen LogP contribution in [0.3, 0.4) is 0 Å². The SMILES string of the molecule is CCCCn1ncc(NC(C)c2nn[nH]n2)c(Br)c1=O. The van der Waals surface area contributed by atoms with Gasteiger partial charge in [0.2, 0.25) is 0 Å². The van der Waals surface area contributed by atoms with Crippen molar-refractivity contribution in [1.29, 1.82) is 0 Å². The Morgan fingerprint density at radius 3 is 3.00 bits per heavy atom. The highest BCUT2D eigenvalue weighted by molar-refractivity contribution is 9.10. The third kappa shape index (κ3) is 3.21. The molecule has 0 spiro atoms. The first kappa shape index (κ1) is 14.6. The number of nitrogens with one attached hydrogen (secondary N) is 2. The zero-order valence-corrected chi connectivity index (χ0v) is 12.9. The lowest BCUT2D eigenvalue weighted by molar-refractivity contribution is 0.540. The van der Waals surface area contributed by atoms with Gasteiger partial charge in [0.15, 0.2) is 5.82 Å². The summed E-state index contributed by atoms with van der Waals surface area (Å²) in [4.78, 5) is 12.1. The molecule has 2 heterocycles. The molecule has 0 aliphatic rings. The molecule has 1 atom stereocenters. The number of nitrogens with zero attached hydrogens (tertiary/aromatic N) is 5. The summed E-state index contributed by atoms with van der Waals surface area (Å²) in [7, 11) is 0. The molecule has 0 aromatic carbocycles. The Labute approximate surface area is 124 Å². The smallest absolute Gasteiger partial charge is 0.283 e. The van der Waals surface area contributed by atoms with Crippen molar-refractivity contribution in [1.82, 2.24) is 30.4 Å². The van der Waals surface area contributed by atoms with Gasteiger partial charge in [0.25, 0.3) is 5.56 Å². The minimum absolute atomic E-state index is 0.149. The summed E-state index contributed by atoms with van der Waals surface area (Å²) in [5.74, 6) is 0.520. The highest BCUT2D eigenvalue weighted by Gasteiger charge is 2.14. The molecule has 0 fully saturated rings. The molecule has 2 rings (SSSR count). The number of aromatic amines is 1. The van der Waals surface area contributed by atoms with Gasteiger partial charge in [0.1, 0.15) is 4.47 Å². The molecule has 1 unspecified atom stereocenters. The van der Waals surface area contributed by atoms with Gasteiger partial charge in [0.05, 0.1) is 17.9 Å². The van der Waals surface area contributed by atoms with Crippen LogP contribution in [0.15, 0.2) is 15.5 Å². The van der Waals surface area contributed by atoms with Crippen LogP contribution in [-0.2, 0) is 6.54 Å². The molecule has 0 bridgehead atoms. The maximum Gasteiger partial charge on any atom is 0.283 e. The molecule has 2 aromatic heterocycles. The number of unbranched alkanes of at least 4 members (excludes halogenated alkanes) is 1. The largest absolute Gasteiger partial charge is 0.373 e. The Bertz CT molecular complexity index is 610. The highest BCUT2D eigenvalue weighted by atomic mass is 79.9. The number of halogens is 1. The van der Waals surface area contributed by atoms with Gasteiger partial charge in [-0.1, -0.05) is 18.6 Å². The number of tetrazole rings is 1. The third-order valence-electron chi connectivity index (χ3n) is 2.83. The van der Waals surface area contributed by atoms with E-state index in [-0.39, 0.29) is 11.6 Å². The second-order valence-electron chi connectivity index (χ2n) is 4.39. The van der Waals surface area contributed by atoms with E-state index in [2.05, 4.69) is 53.9 Å². The van der Waals surface area contributed by atoms with Crippen LogP contribution < -0.4 is 10.9 Å². The van der Waals surface area contributed by atoms with E-state index in [9.17, 15) is 4.79 Å². The Balaban J connectivity index is 2.17. The Kier molecular flexibility index (Phi) is 4.83. The van der Waals surface area contributed by atoms with E-state index in [1.165, 1.54) is 4.68 Å². The lowest BCUT2D eigenvalue weighted by Gasteiger charge is -2.13. The maximum absolute atomic E-state index is 12.1. The first-order chi connectivity index (χ1) is 9.63. The average molecular weight is 342 g/mol. The van der Waals surface area contributed by atoms with Gasteiger partial charge in [-0.2, -0.15) is 10.3 Å². The van der Waals surface area contributed by atoms with Gasteiger partial charge in [-0.3, -0.25) is 4.79 Å². The van der Waals surface area contributed by atoms with E-state index >= 15 is 0 Å². The molecule has 0 amide bonds. The fraction of sp³-hybridized carbons (Fsp3) is 0.545. The van der Waals surface area contributed by atoms with Crippen molar-refractivity contribution in [2.75, 3.05) is 5.32 Å². The summed E-state index contributed by atoms with van der Waals surface area (Å²) >= 11 is 3.31. The molecule has 0 aliphatic heterocycles. The van der Waals surface area contributed by atoms with Gasteiger partial charge in [0, 0.05) is 6.54 Å². The number of aryl methyl sites for hydroxylation is 1. The monoisotopic (exact) mass is 341 g/mol. The fourth-order valence-corrected chi connectivity index (χ4v) is 2.11. The average Bonchev–Trinajstić information content (AvgIpc) is 2.97. The fourth-order valence-electron chi connectivity index (χ4n) is 1.68.